The molecule has 0 N–H and O–H groups in total. The quantitative estimate of drug-likeness (QED) is 0.749. The Labute approximate surface area is 110 Å². The third-order valence-electron chi connectivity index (χ3n) is 2.81. The Morgan fingerprint density at radius 3 is 2.59 bits per heavy atom. The van der Waals surface area contributed by atoms with Crippen LogP contribution < -0.4 is 0 Å². The van der Waals surface area contributed by atoms with Crippen LogP contribution in [0.15, 0.2) is 29.6 Å². The van der Waals surface area contributed by atoms with Gasteiger partial charge in [-0.3, -0.25) is 4.79 Å². The van der Waals surface area contributed by atoms with Crippen molar-refractivity contribution >= 4 is 28.7 Å². The van der Waals surface area contributed by atoms with E-state index in [1.165, 1.54) is 22.5 Å². The summed E-state index contributed by atoms with van der Waals surface area (Å²) in [5, 5.41) is 2.40. The Kier molecular flexibility index (Phi) is 3.65. The second-order valence-electron chi connectivity index (χ2n) is 4.12. The zero-order valence-electron chi connectivity index (χ0n) is 9.79. The van der Waals surface area contributed by atoms with E-state index in [-0.39, 0.29) is 5.78 Å². The number of benzene rings is 1. The van der Waals surface area contributed by atoms with Gasteiger partial charge in [0.2, 0.25) is 0 Å². The molecule has 0 amide bonds. The number of hydrogen-bond donors (Lipinski definition) is 0. The van der Waals surface area contributed by atoms with Gasteiger partial charge in [0.05, 0.1) is 9.90 Å². The third-order valence-corrected chi connectivity index (χ3v) is 4.19. The molecule has 1 nitrogen and oxygen atoms in total. The van der Waals surface area contributed by atoms with E-state index in [4.69, 9.17) is 11.6 Å². The molecule has 1 aromatic carbocycles. The Morgan fingerprint density at radius 2 is 2.00 bits per heavy atom. The van der Waals surface area contributed by atoms with Crippen molar-refractivity contribution < 1.29 is 4.79 Å². The van der Waals surface area contributed by atoms with Crippen LogP contribution >= 0.6 is 22.9 Å². The number of rotatable bonds is 3. The van der Waals surface area contributed by atoms with Crippen LogP contribution in [-0.4, -0.2) is 5.78 Å². The zero-order valence-corrected chi connectivity index (χ0v) is 11.4. The Balaban J connectivity index is 2.19. The summed E-state index contributed by atoms with van der Waals surface area (Å²) in [6.45, 7) is 4.12. The van der Waals surface area contributed by atoms with Gasteiger partial charge in [0, 0.05) is 6.42 Å². The second kappa shape index (κ2) is 5.03. The summed E-state index contributed by atoms with van der Waals surface area (Å²) in [6.07, 6.45) is 0.418. The van der Waals surface area contributed by atoms with E-state index in [1.807, 2.05) is 17.5 Å². The largest absolute Gasteiger partial charge is 0.293 e. The maximum atomic E-state index is 12.0. The van der Waals surface area contributed by atoms with Gasteiger partial charge < -0.3 is 0 Å². The van der Waals surface area contributed by atoms with Crippen LogP contribution in [0.3, 0.4) is 0 Å². The van der Waals surface area contributed by atoms with E-state index in [2.05, 4.69) is 19.9 Å². The fourth-order valence-electron chi connectivity index (χ4n) is 1.67. The van der Waals surface area contributed by atoms with E-state index in [0.717, 1.165) is 5.56 Å². The summed E-state index contributed by atoms with van der Waals surface area (Å²) in [4.78, 5) is 12.7. The summed E-state index contributed by atoms with van der Waals surface area (Å²) >= 11 is 7.35. The maximum absolute atomic E-state index is 12.0. The molecule has 0 atom stereocenters. The molecule has 0 bridgehead atoms. The van der Waals surface area contributed by atoms with Crippen molar-refractivity contribution in [1.29, 1.82) is 0 Å². The first-order chi connectivity index (χ1) is 8.08. The molecular weight excluding hydrogens is 252 g/mol. The Morgan fingerprint density at radius 1 is 1.24 bits per heavy atom. The molecule has 1 aromatic heterocycles. The topological polar surface area (TPSA) is 17.1 Å². The SMILES string of the molecule is Cc1ccc(CC(=O)c2sccc2Cl)cc1C. The first-order valence-electron chi connectivity index (χ1n) is 5.40. The zero-order chi connectivity index (χ0) is 12.4. The van der Waals surface area contributed by atoms with Crippen LogP contribution in [-0.2, 0) is 6.42 Å². The molecule has 3 heteroatoms. The van der Waals surface area contributed by atoms with Crippen LogP contribution in [0, 0.1) is 13.8 Å². The van der Waals surface area contributed by atoms with E-state index in [9.17, 15) is 4.79 Å². The number of ketones is 1. The second-order valence-corrected chi connectivity index (χ2v) is 5.44. The molecule has 0 fully saturated rings. The molecule has 2 aromatic rings. The molecule has 17 heavy (non-hydrogen) atoms. The van der Waals surface area contributed by atoms with Crippen molar-refractivity contribution in [2.24, 2.45) is 0 Å². The fraction of sp³-hybridized carbons (Fsp3) is 0.214. The molecule has 0 saturated carbocycles. The van der Waals surface area contributed by atoms with Gasteiger partial charge in [0.1, 0.15) is 0 Å². The lowest BCUT2D eigenvalue weighted by molar-refractivity contribution is 0.0997. The Hall–Kier alpha value is -1.12. The molecule has 0 aliphatic heterocycles. The number of carbonyl (C=O) groups is 1. The summed E-state index contributed by atoms with van der Waals surface area (Å²) in [5.41, 5.74) is 3.51. The minimum absolute atomic E-state index is 0.0910. The lowest BCUT2D eigenvalue weighted by atomic mass is 10.0. The molecule has 0 saturated heterocycles. The molecule has 0 spiro atoms. The highest BCUT2D eigenvalue weighted by atomic mass is 35.5. The van der Waals surface area contributed by atoms with Crippen molar-refractivity contribution in [2.45, 2.75) is 20.3 Å². The van der Waals surface area contributed by atoms with Gasteiger partial charge in [-0.15, -0.1) is 11.3 Å². The summed E-state index contributed by atoms with van der Waals surface area (Å²) in [5.74, 6) is 0.0910. The number of aryl methyl sites for hydroxylation is 2. The van der Waals surface area contributed by atoms with Crippen LogP contribution in [0.5, 0.6) is 0 Å². The minimum Gasteiger partial charge on any atom is -0.293 e. The average Bonchev–Trinajstić information content (AvgIpc) is 2.70. The summed E-state index contributed by atoms with van der Waals surface area (Å²) < 4.78 is 0. The highest BCUT2D eigenvalue weighted by Gasteiger charge is 2.12. The van der Waals surface area contributed by atoms with Gasteiger partial charge in [-0.1, -0.05) is 29.8 Å². The fourth-order valence-corrected chi connectivity index (χ4v) is 2.77. The predicted octanol–water partition coefficient (Wildman–Crippen LogP) is 4.44. The van der Waals surface area contributed by atoms with Crippen molar-refractivity contribution in [3.63, 3.8) is 0 Å². The van der Waals surface area contributed by atoms with Gasteiger partial charge in [-0.05, 0) is 42.0 Å². The van der Waals surface area contributed by atoms with Crippen LogP contribution in [0.25, 0.3) is 0 Å². The molecule has 0 aliphatic carbocycles. The normalized spacial score (nSPS) is 10.5. The van der Waals surface area contributed by atoms with Gasteiger partial charge in [0.25, 0.3) is 0 Å². The van der Waals surface area contributed by atoms with E-state index < -0.39 is 0 Å². The van der Waals surface area contributed by atoms with Crippen molar-refractivity contribution in [2.75, 3.05) is 0 Å². The molecule has 88 valence electrons. The molecule has 0 radical (unpaired) electrons. The number of thiophene rings is 1. The molecule has 2 rings (SSSR count). The Bertz CT molecular complexity index is 557. The molecule has 0 aliphatic rings. The number of hydrogen-bond acceptors (Lipinski definition) is 2. The number of halogens is 1. The van der Waals surface area contributed by atoms with E-state index >= 15 is 0 Å². The van der Waals surface area contributed by atoms with Crippen molar-refractivity contribution in [3.05, 3.63) is 56.2 Å². The smallest absolute Gasteiger partial charge is 0.178 e. The standard InChI is InChI=1S/C14H13ClOS/c1-9-3-4-11(7-10(9)2)8-13(16)14-12(15)5-6-17-14/h3-7H,8H2,1-2H3. The lowest BCUT2D eigenvalue weighted by Gasteiger charge is -2.04. The first kappa shape index (κ1) is 12.3. The highest BCUT2D eigenvalue weighted by Crippen LogP contribution is 2.24. The van der Waals surface area contributed by atoms with Crippen molar-refractivity contribution in [3.8, 4) is 0 Å². The first-order valence-corrected chi connectivity index (χ1v) is 6.66. The van der Waals surface area contributed by atoms with Gasteiger partial charge in [-0.2, -0.15) is 0 Å². The summed E-state index contributed by atoms with van der Waals surface area (Å²) in [7, 11) is 0. The van der Waals surface area contributed by atoms with Crippen LogP contribution in [0.2, 0.25) is 5.02 Å². The summed E-state index contributed by atoms with van der Waals surface area (Å²) in [6, 6.07) is 7.88. The predicted molar refractivity (Wildman–Crippen MR) is 73.3 cm³/mol. The monoisotopic (exact) mass is 264 g/mol. The highest BCUT2D eigenvalue weighted by molar-refractivity contribution is 7.12. The van der Waals surface area contributed by atoms with Crippen LogP contribution in [0.1, 0.15) is 26.4 Å². The van der Waals surface area contributed by atoms with Gasteiger partial charge >= 0.3 is 0 Å². The molecular formula is C14H13ClOS. The molecule has 1 heterocycles. The minimum atomic E-state index is 0.0910. The molecule has 0 unspecified atom stereocenters. The van der Waals surface area contributed by atoms with Crippen molar-refractivity contribution in [1.82, 2.24) is 0 Å². The van der Waals surface area contributed by atoms with Crippen LogP contribution in [0.4, 0.5) is 0 Å². The van der Waals surface area contributed by atoms with Gasteiger partial charge in [0.15, 0.2) is 5.78 Å². The number of Topliss-reactive ketones (excluding diaryl/α,β-unsaturated/α-hetero) is 1. The van der Waals surface area contributed by atoms with E-state index in [1.54, 1.807) is 6.07 Å². The average molecular weight is 265 g/mol. The third kappa shape index (κ3) is 2.76. The lowest BCUT2D eigenvalue weighted by Crippen LogP contribution is -2.02. The number of carbonyl (C=O) groups excluding carboxylic acids is 1. The van der Waals surface area contributed by atoms with Gasteiger partial charge in [-0.25, -0.2) is 0 Å². The van der Waals surface area contributed by atoms with E-state index in [0.29, 0.717) is 16.3 Å². The maximum Gasteiger partial charge on any atom is 0.178 e.